The molecule has 0 aromatic carbocycles. The maximum absolute atomic E-state index is 3.76. The molecule has 1 saturated heterocycles. The molecule has 2 rings (SSSR count). The van der Waals surface area contributed by atoms with Gasteiger partial charge in [0.2, 0.25) is 0 Å². The molecule has 0 radical (unpaired) electrons. The average Bonchev–Trinajstić information content (AvgIpc) is 2.45. The summed E-state index contributed by atoms with van der Waals surface area (Å²) in [6, 6.07) is 0. The molecule has 0 amide bonds. The summed E-state index contributed by atoms with van der Waals surface area (Å²) in [5.74, 6) is 0.876. The second-order valence-electron chi connectivity index (χ2n) is 7.64. The van der Waals surface area contributed by atoms with Gasteiger partial charge in [-0.3, -0.25) is 4.90 Å². The molecular formula is C17H36N4. The van der Waals surface area contributed by atoms with Gasteiger partial charge in [-0.25, -0.2) is 0 Å². The smallest absolute Gasteiger partial charge is 0.0330 e. The zero-order chi connectivity index (χ0) is 15.3. The summed E-state index contributed by atoms with van der Waals surface area (Å²) >= 11 is 0. The molecular weight excluding hydrogens is 260 g/mol. The van der Waals surface area contributed by atoms with Crippen LogP contribution in [0.2, 0.25) is 0 Å². The molecule has 4 nitrogen and oxygen atoms in total. The number of rotatable bonds is 6. The van der Waals surface area contributed by atoms with Crippen LogP contribution in [0, 0.1) is 5.92 Å². The highest BCUT2D eigenvalue weighted by Crippen LogP contribution is 2.35. The van der Waals surface area contributed by atoms with Crippen molar-refractivity contribution in [3.8, 4) is 0 Å². The van der Waals surface area contributed by atoms with E-state index in [2.05, 4.69) is 48.1 Å². The van der Waals surface area contributed by atoms with E-state index in [-0.39, 0.29) is 0 Å². The Kier molecular flexibility index (Phi) is 6.48. The zero-order valence-corrected chi connectivity index (χ0v) is 14.7. The molecule has 0 aromatic heterocycles. The fourth-order valence-electron chi connectivity index (χ4n) is 3.99. The summed E-state index contributed by atoms with van der Waals surface area (Å²) in [7, 11) is 6.75. The van der Waals surface area contributed by atoms with E-state index in [4.69, 9.17) is 0 Å². The first-order valence-corrected chi connectivity index (χ1v) is 8.81. The first kappa shape index (κ1) is 17.2. The first-order valence-electron chi connectivity index (χ1n) is 8.81. The Labute approximate surface area is 131 Å². The van der Waals surface area contributed by atoms with Crippen LogP contribution >= 0.6 is 0 Å². The van der Waals surface area contributed by atoms with Gasteiger partial charge in [0.25, 0.3) is 0 Å². The lowest BCUT2D eigenvalue weighted by atomic mass is 9.75. The number of hydrogen-bond donors (Lipinski definition) is 1. The third-order valence-corrected chi connectivity index (χ3v) is 5.67. The van der Waals surface area contributed by atoms with Gasteiger partial charge in [-0.1, -0.05) is 19.8 Å². The molecule has 1 saturated carbocycles. The summed E-state index contributed by atoms with van der Waals surface area (Å²) in [5, 5.41) is 3.76. The SMILES string of the molecule is CC1CCCC(CNCCN2CCN(C)CC2)(N(C)C)C1. The lowest BCUT2D eigenvalue weighted by Gasteiger charge is -2.45. The molecule has 0 aromatic rings. The monoisotopic (exact) mass is 296 g/mol. The Morgan fingerprint density at radius 1 is 1.19 bits per heavy atom. The molecule has 2 unspecified atom stereocenters. The third kappa shape index (κ3) is 4.92. The van der Waals surface area contributed by atoms with E-state index in [1.165, 1.54) is 58.4 Å². The van der Waals surface area contributed by atoms with Crippen LogP contribution in [0.1, 0.15) is 32.6 Å². The van der Waals surface area contributed by atoms with Gasteiger partial charge in [0.15, 0.2) is 0 Å². The number of nitrogens with one attached hydrogen (secondary N) is 1. The Hall–Kier alpha value is -0.160. The van der Waals surface area contributed by atoms with Gasteiger partial charge in [-0.05, 0) is 39.9 Å². The second-order valence-corrected chi connectivity index (χ2v) is 7.64. The molecule has 1 heterocycles. The summed E-state index contributed by atoms with van der Waals surface area (Å²) in [5.41, 5.74) is 0.389. The maximum atomic E-state index is 3.76. The minimum absolute atomic E-state index is 0.389. The van der Waals surface area contributed by atoms with Crippen molar-refractivity contribution in [3.05, 3.63) is 0 Å². The van der Waals surface area contributed by atoms with Crippen LogP contribution in [0.3, 0.4) is 0 Å². The van der Waals surface area contributed by atoms with E-state index in [1.807, 2.05) is 0 Å². The Morgan fingerprint density at radius 3 is 2.52 bits per heavy atom. The molecule has 1 N–H and O–H groups in total. The van der Waals surface area contributed by atoms with Crippen LogP contribution in [0.25, 0.3) is 0 Å². The standard InChI is InChI=1S/C17H36N4/c1-16-6-5-7-17(14-16,19(2)3)15-18-8-9-21-12-10-20(4)11-13-21/h16,18H,5-15H2,1-4H3. The predicted octanol–water partition coefficient (Wildman–Crippen LogP) is 1.33. The Bertz CT molecular complexity index is 299. The van der Waals surface area contributed by atoms with Crippen molar-refractivity contribution in [2.75, 3.05) is 67.0 Å². The highest BCUT2D eigenvalue weighted by molar-refractivity contribution is 4.94. The van der Waals surface area contributed by atoms with Crippen LogP contribution in [0.4, 0.5) is 0 Å². The zero-order valence-electron chi connectivity index (χ0n) is 14.7. The van der Waals surface area contributed by atoms with Gasteiger partial charge in [0, 0.05) is 51.4 Å². The van der Waals surface area contributed by atoms with E-state index in [0.717, 1.165) is 19.0 Å². The molecule has 0 bridgehead atoms. The average molecular weight is 297 g/mol. The van der Waals surface area contributed by atoms with Gasteiger partial charge in [-0.15, -0.1) is 0 Å². The molecule has 2 fully saturated rings. The van der Waals surface area contributed by atoms with Crippen molar-refractivity contribution in [3.63, 3.8) is 0 Å². The van der Waals surface area contributed by atoms with Gasteiger partial charge in [0.1, 0.15) is 0 Å². The minimum atomic E-state index is 0.389. The Morgan fingerprint density at radius 2 is 1.90 bits per heavy atom. The van der Waals surface area contributed by atoms with Gasteiger partial charge < -0.3 is 15.1 Å². The van der Waals surface area contributed by atoms with E-state index in [0.29, 0.717) is 5.54 Å². The number of likely N-dealkylation sites (N-methyl/N-ethyl adjacent to an activating group) is 2. The molecule has 4 heteroatoms. The normalized spacial score (nSPS) is 32.7. The van der Waals surface area contributed by atoms with Crippen LogP contribution in [0.15, 0.2) is 0 Å². The summed E-state index contributed by atoms with van der Waals surface area (Å²) in [6.07, 6.45) is 5.50. The van der Waals surface area contributed by atoms with Crippen molar-refractivity contribution in [2.24, 2.45) is 5.92 Å². The fraction of sp³-hybridized carbons (Fsp3) is 1.00. The summed E-state index contributed by atoms with van der Waals surface area (Å²) in [6.45, 7) is 10.8. The largest absolute Gasteiger partial charge is 0.314 e. The van der Waals surface area contributed by atoms with Gasteiger partial charge in [0.05, 0.1) is 0 Å². The van der Waals surface area contributed by atoms with Crippen LogP contribution in [0.5, 0.6) is 0 Å². The molecule has 2 aliphatic rings. The summed E-state index contributed by atoms with van der Waals surface area (Å²) < 4.78 is 0. The number of nitrogens with zero attached hydrogens (tertiary/aromatic N) is 3. The van der Waals surface area contributed by atoms with Crippen molar-refractivity contribution in [1.29, 1.82) is 0 Å². The highest BCUT2D eigenvalue weighted by atomic mass is 15.3. The van der Waals surface area contributed by atoms with Crippen molar-refractivity contribution < 1.29 is 0 Å². The Balaban J connectivity index is 1.70. The van der Waals surface area contributed by atoms with Crippen LogP contribution < -0.4 is 5.32 Å². The molecule has 1 aliphatic carbocycles. The number of hydrogen-bond acceptors (Lipinski definition) is 4. The second kappa shape index (κ2) is 7.91. The lowest BCUT2D eigenvalue weighted by Crippen LogP contribution is -2.55. The van der Waals surface area contributed by atoms with Crippen molar-refractivity contribution in [2.45, 2.75) is 38.1 Å². The fourth-order valence-corrected chi connectivity index (χ4v) is 3.99. The molecule has 124 valence electrons. The minimum Gasteiger partial charge on any atom is -0.314 e. The molecule has 0 spiro atoms. The van der Waals surface area contributed by atoms with Crippen molar-refractivity contribution >= 4 is 0 Å². The van der Waals surface area contributed by atoms with Gasteiger partial charge >= 0.3 is 0 Å². The first-order chi connectivity index (χ1) is 10.0. The summed E-state index contributed by atoms with van der Waals surface area (Å²) in [4.78, 5) is 7.50. The number of piperazine rings is 1. The maximum Gasteiger partial charge on any atom is 0.0330 e. The van der Waals surface area contributed by atoms with Crippen LogP contribution in [-0.2, 0) is 0 Å². The topological polar surface area (TPSA) is 21.8 Å². The van der Waals surface area contributed by atoms with Crippen LogP contribution in [-0.4, -0.2) is 87.2 Å². The van der Waals surface area contributed by atoms with E-state index >= 15 is 0 Å². The van der Waals surface area contributed by atoms with E-state index in [9.17, 15) is 0 Å². The van der Waals surface area contributed by atoms with Crippen molar-refractivity contribution in [1.82, 2.24) is 20.0 Å². The molecule has 1 aliphatic heterocycles. The molecule has 21 heavy (non-hydrogen) atoms. The quantitative estimate of drug-likeness (QED) is 0.747. The van der Waals surface area contributed by atoms with E-state index in [1.54, 1.807) is 0 Å². The molecule has 2 atom stereocenters. The third-order valence-electron chi connectivity index (χ3n) is 5.67. The highest BCUT2D eigenvalue weighted by Gasteiger charge is 2.36. The van der Waals surface area contributed by atoms with Gasteiger partial charge in [-0.2, -0.15) is 0 Å². The predicted molar refractivity (Wildman–Crippen MR) is 90.9 cm³/mol. The lowest BCUT2D eigenvalue weighted by molar-refractivity contribution is 0.0737. The van der Waals surface area contributed by atoms with E-state index < -0.39 is 0 Å².